The zero-order valence-electron chi connectivity index (χ0n) is 15.3. The first-order valence-corrected chi connectivity index (χ1v) is 9.01. The lowest BCUT2D eigenvalue weighted by Gasteiger charge is -2.35. The number of rotatable bonds is 5. The summed E-state index contributed by atoms with van der Waals surface area (Å²) in [5.41, 5.74) is 3.10. The lowest BCUT2D eigenvalue weighted by molar-refractivity contribution is 0.0914. The highest BCUT2D eigenvalue weighted by atomic mass is 16.5. The van der Waals surface area contributed by atoms with Crippen molar-refractivity contribution >= 4 is 5.91 Å². The summed E-state index contributed by atoms with van der Waals surface area (Å²) in [6.07, 6.45) is 1.33. The fraction of sp³-hybridized carbons (Fsp3) is 0.500. The van der Waals surface area contributed by atoms with Gasteiger partial charge in [-0.25, -0.2) is 0 Å². The van der Waals surface area contributed by atoms with E-state index in [1.807, 2.05) is 0 Å². The van der Waals surface area contributed by atoms with Crippen molar-refractivity contribution in [1.29, 1.82) is 0 Å². The molecule has 1 aromatic heterocycles. The highest BCUT2D eigenvalue weighted by Crippen LogP contribution is 2.22. The summed E-state index contributed by atoms with van der Waals surface area (Å²) in [6, 6.07) is 10.1. The van der Waals surface area contributed by atoms with E-state index in [2.05, 4.69) is 53.5 Å². The van der Waals surface area contributed by atoms with Gasteiger partial charge in [0, 0.05) is 32.2 Å². The average molecular weight is 341 g/mol. The predicted octanol–water partition coefficient (Wildman–Crippen LogP) is 3.39. The van der Waals surface area contributed by atoms with E-state index >= 15 is 0 Å². The molecule has 25 heavy (non-hydrogen) atoms. The van der Waals surface area contributed by atoms with Gasteiger partial charge in [0.2, 0.25) is 5.76 Å². The minimum absolute atomic E-state index is 0.235. The number of hydrogen-bond acceptors (Lipinski definition) is 4. The second-order valence-corrected chi connectivity index (χ2v) is 7.47. The van der Waals surface area contributed by atoms with Crippen LogP contribution in [0.25, 0.3) is 0 Å². The molecule has 0 aliphatic carbocycles. The third kappa shape index (κ3) is 4.92. The predicted molar refractivity (Wildman–Crippen MR) is 97.1 cm³/mol. The molecule has 0 saturated carbocycles. The standard InChI is InChI=1S/C20H27N3O2/c1-14-8-15(2)12-23(11-14)13-18-6-4-17(5-7-18)10-21-20(24)19-9-16(3)22-25-19/h4-7,9,14-15H,8,10-13H2,1-3H3,(H,21,24)/t14-,15+. The third-order valence-electron chi connectivity index (χ3n) is 4.68. The Kier molecular flexibility index (Phi) is 5.53. The van der Waals surface area contributed by atoms with Crippen LogP contribution in [0.5, 0.6) is 0 Å². The van der Waals surface area contributed by atoms with Gasteiger partial charge in [0.1, 0.15) is 0 Å². The van der Waals surface area contributed by atoms with Crippen molar-refractivity contribution in [2.45, 2.75) is 40.3 Å². The van der Waals surface area contributed by atoms with Crippen molar-refractivity contribution < 1.29 is 9.32 Å². The van der Waals surface area contributed by atoms with Gasteiger partial charge in [0.05, 0.1) is 5.69 Å². The molecule has 1 fully saturated rings. The lowest BCUT2D eigenvalue weighted by atomic mass is 9.91. The second kappa shape index (κ2) is 7.83. The molecule has 2 atom stereocenters. The summed E-state index contributed by atoms with van der Waals surface area (Å²) < 4.78 is 4.97. The molecule has 1 aliphatic rings. The summed E-state index contributed by atoms with van der Waals surface area (Å²) in [5.74, 6) is 1.57. The van der Waals surface area contributed by atoms with Crippen LogP contribution in [0.1, 0.15) is 47.6 Å². The van der Waals surface area contributed by atoms with E-state index in [-0.39, 0.29) is 11.7 Å². The number of aromatic nitrogens is 1. The molecule has 0 unspecified atom stereocenters. The van der Waals surface area contributed by atoms with Crippen molar-refractivity contribution in [2.24, 2.45) is 11.8 Å². The van der Waals surface area contributed by atoms with Gasteiger partial charge in [-0.15, -0.1) is 0 Å². The van der Waals surface area contributed by atoms with E-state index in [4.69, 9.17) is 4.52 Å². The highest BCUT2D eigenvalue weighted by molar-refractivity contribution is 5.91. The van der Waals surface area contributed by atoms with Crippen LogP contribution < -0.4 is 5.32 Å². The number of carbonyl (C=O) groups is 1. The van der Waals surface area contributed by atoms with Crippen molar-refractivity contribution in [3.05, 3.63) is 52.9 Å². The second-order valence-electron chi connectivity index (χ2n) is 7.47. The first-order chi connectivity index (χ1) is 12.0. The molecule has 3 rings (SSSR count). The van der Waals surface area contributed by atoms with Crippen LogP contribution in [0.2, 0.25) is 0 Å². The van der Waals surface area contributed by atoms with E-state index in [0.717, 1.165) is 23.9 Å². The van der Waals surface area contributed by atoms with Crippen molar-refractivity contribution in [2.75, 3.05) is 13.1 Å². The zero-order valence-corrected chi connectivity index (χ0v) is 15.3. The average Bonchev–Trinajstić information content (AvgIpc) is 2.99. The Morgan fingerprint density at radius 1 is 1.20 bits per heavy atom. The fourth-order valence-corrected chi connectivity index (χ4v) is 3.68. The first-order valence-electron chi connectivity index (χ1n) is 9.01. The third-order valence-corrected chi connectivity index (χ3v) is 4.68. The molecule has 1 N–H and O–H groups in total. The highest BCUT2D eigenvalue weighted by Gasteiger charge is 2.21. The minimum Gasteiger partial charge on any atom is -0.351 e. The van der Waals surface area contributed by atoms with Gasteiger partial charge >= 0.3 is 0 Å². The molecule has 1 aromatic carbocycles. The Bertz CT molecular complexity index is 698. The molecule has 2 heterocycles. The van der Waals surface area contributed by atoms with Gasteiger partial charge in [-0.1, -0.05) is 43.3 Å². The Balaban J connectivity index is 1.51. The molecule has 2 aromatic rings. The summed E-state index contributed by atoms with van der Waals surface area (Å²) in [7, 11) is 0. The summed E-state index contributed by atoms with van der Waals surface area (Å²) >= 11 is 0. The van der Waals surface area contributed by atoms with Crippen LogP contribution in [-0.2, 0) is 13.1 Å². The molecule has 0 radical (unpaired) electrons. The van der Waals surface area contributed by atoms with Crippen molar-refractivity contribution in [3.8, 4) is 0 Å². The topological polar surface area (TPSA) is 58.4 Å². The largest absolute Gasteiger partial charge is 0.351 e. The molecular weight excluding hydrogens is 314 g/mol. The molecule has 0 bridgehead atoms. The van der Waals surface area contributed by atoms with Gasteiger partial charge < -0.3 is 9.84 Å². The number of amides is 1. The van der Waals surface area contributed by atoms with Crippen LogP contribution in [-0.4, -0.2) is 29.1 Å². The number of nitrogens with one attached hydrogen (secondary N) is 1. The van der Waals surface area contributed by atoms with Crippen LogP contribution in [0.4, 0.5) is 0 Å². The Hall–Kier alpha value is -2.14. The number of aryl methyl sites for hydroxylation is 1. The Labute approximate surface area is 149 Å². The monoisotopic (exact) mass is 341 g/mol. The van der Waals surface area contributed by atoms with Gasteiger partial charge in [-0.05, 0) is 36.3 Å². The molecule has 5 heteroatoms. The lowest BCUT2D eigenvalue weighted by Crippen LogP contribution is -2.38. The maximum atomic E-state index is 12.0. The maximum absolute atomic E-state index is 12.0. The molecule has 1 aliphatic heterocycles. The molecule has 1 amide bonds. The normalized spacial score (nSPS) is 21.2. The van der Waals surface area contributed by atoms with Crippen LogP contribution in [0, 0.1) is 18.8 Å². The maximum Gasteiger partial charge on any atom is 0.290 e. The van der Waals surface area contributed by atoms with Gasteiger partial charge in [-0.2, -0.15) is 0 Å². The fourth-order valence-electron chi connectivity index (χ4n) is 3.68. The quantitative estimate of drug-likeness (QED) is 0.906. The molecule has 0 spiro atoms. The van der Waals surface area contributed by atoms with Crippen molar-refractivity contribution in [1.82, 2.24) is 15.4 Å². The number of likely N-dealkylation sites (tertiary alicyclic amines) is 1. The smallest absolute Gasteiger partial charge is 0.290 e. The number of carbonyl (C=O) groups excluding carboxylic acids is 1. The van der Waals surface area contributed by atoms with E-state index in [0.29, 0.717) is 12.2 Å². The summed E-state index contributed by atoms with van der Waals surface area (Å²) in [5, 5.41) is 6.59. The SMILES string of the molecule is Cc1cc(C(=O)NCc2ccc(CN3C[C@H](C)C[C@H](C)C3)cc2)on1. The number of nitrogens with zero attached hydrogens (tertiary/aromatic N) is 2. The Morgan fingerprint density at radius 2 is 1.84 bits per heavy atom. The van der Waals surface area contributed by atoms with Crippen molar-refractivity contribution in [3.63, 3.8) is 0 Å². The Morgan fingerprint density at radius 3 is 2.44 bits per heavy atom. The molecule has 1 saturated heterocycles. The summed E-state index contributed by atoms with van der Waals surface area (Å²) in [6.45, 7) is 10.3. The number of benzene rings is 1. The van der Waals surface area contributed by atoms with Crippen LogP contribution in [0.3, 0.4) is 0 Å². The van der Waals surface area contributed by atoms with Gasteiger partial charge in [0.25, 0.3) is 5.91 Å². The summed E-state index contributed by atoms with van der Waals surface area (Å²) in [4.78, 5) is 14.5. The molecule has 134 valence electrons. The van der Waals surface area contributed by atoms with Crippen LogP contribution in [0.15, 0.2) is 34.9 Å². The zero-order chi connectivity index (χ0) is 17.8. The van der Waals surface area contributed by atoms with E-state index in [9.17, 15) is 4.79 Å². The van der Waals surface area contributed by atoms with E-state index in [1.54, 1.807) is 13.0 Å². The molecule has 5 nitrogen and oxygen atoms in total. The van der Waals surface area contributed by atoms with Gasteiger partial charge in [-0.3, -0.25) is 9.69 Å². The van der Waals surface area contributed by atoms with Gasteiger partial charge in [0.15, 0.2) is 0 Å². The first kappa shape index (κ1) is 17.7. The van der Waals surface area contributed by atoms with E-state index < -0.39 is 0 Å². The van der Waals surface area contributed by atoms with E-state index in [1.165, 1.54) is 25.1 Å². The number of hydrogen-bond donors (Lipinski definition) is 1. The number of piperidine rings is 1. The molecular formula is C20H27N3O2. The van der Waals surface area contributed by atoms with Crippen LogP contribution >= 0.6 is 0 Å². The minimum atomic E-state index is -0.235.